The fourth-order valence-corrected chi connectivity index (χ4v) is 1.61. The third kappa shape index (κ3) is 4.66. The van der Waals surface area contributed by atoms with Gasteiger partial charge in [-0.3, -0.25) is 0 Å². The standard InChI is InChI=1S/C6H15NO2S2/c1-6(2)11(8,9)7-4-5-10-3/h6-7H,4-5H2,1-3H3. The first kappa shape index (κ1) is 11.3. The van der Waals surface area contributed by atoms with Gasteiger partial charge in [0.2, 0.25) is 10.0 Å². The molecule has 0 bridgehead atoms. The van der Waals surface area contributed by atoms with Gasteiger partial charge in [0.25, 0.3) is 0 Å². The molecule has 0 aliphatic rings. The first-order valence-electron chi connectivity index (χ1n) is 3.48. The van der Waals surface area contributed by atoms with E-state index >= 15 is 0 Å². The van der Waals surface area contributed by atoms with Crippen molar-refractivity contribution in [1.82, 2.24) is 4.72 Å². The van der Waals surface area contributed by atoms with Gasteiger partial charge in [0.05, 0.1) is 5.25 Å². The zero-order chi connectivity index (χ0) is 8.91. The van der Waals surface area contributed by atoms with Crippen LogP contribution in [0, 0.1) is 0 Å². The molecule has 0 amide bonds. The van der Waals surface area contributed by atoms with Crippen molar-refractivity contribution < 1.29 is 8.42 Å². The van der Waals surface area contributed by atoms with E-state index in [2.05, 4.69) is 4.72 Å². The van der Waals surface area contributed by atoms with E-state index < -0.39 is 10.0 Å². The SMILES string of the molecule is CSCCNS(=O)(=O)C(C)C. The predicted octanol–water partition coefficient (Wildman–Crippen LogP) is 0.677. The van der Waals surface area contributed by atoms with Crippen LogP contribution in [0.4, 0.5) is 0 Å². The Morgan fingerprint density at radius 1 is 1.45 bits per heavy atom. The maximum Gasteiger partial charge on any atom is 0.213 e. The van der Waals surface area contributed by atoms with Gasteiger partial charge in [0, 0.05) is 12.3 Å². The maximum absolute atomic E-state index is 11.1. The van der Waals surface area contributed by atoms with Crippen LogP contribution in [0.2, 0.25) is 0 Å². The van der Waals surface area contributed by atoms with Crippen LogP contribution in [0.5, 0.6) is 0 Å². The normalized spacial score (nSPS) is 12.4. The summed E-state index contributed by atoms with van der Waals surface area (Å²) in [7, 11) is -3.03. The lowest BCUT2D eigenvalue weighted by Crippen LogP contribution is -2.32. The van der Waals surface area contributed by atoms with E-state index in [4.69, 9.17) is 0 Å². The van der Waals surface area contributed by atoms with Gasteiger partial charge < -0.3 is 0 Å². The first-order chi connectivity index (χ1) is 5.00. The maximum atomic E-state index is 11.1. The third-order valence-electron chi connectivity index (χ3n) is 1.23. The van der Waals surface area contributed by atoms with Crippen LogP contribution < -0.4 is 4.72 Å². The lowest BCUT2D eigenvalue weighted by atomic mass is 10.6. The minimum Gasteiger partial charge on any atom is -0.214 e. The van der Waals surface area contributed by atoms with Crippen molar-refractivity contribution in [1.29, 1.82) is 0 Å². The summed E-state index contributed by atoms with van der Waals surface area (Å²) >= 11 is 1.63. The molecule has 0 aliphatic heterocycles. The smallest absolute Gasteiger partial charge is 0.213 e. The highest BCUT2D eigenvalue weighted by atomic mass is 32.2. The number of nitrogens with one attached hydrogen (secondary N) is 1. The van der Waals surface area contributed by atoms with Crippen LogP contribution in [0.25, 0.3) is 0 Å². The minimum absolute atomic E-state index is 0.329. The van der Waals surface area contributed by atoms with Gasteiger partial charge in [-0.2, -0.15) is 11.8 Å². The zero-order valence-corrected chi connectivity index (χ0v) is 8.76. The Bertz CT molecular complexity index is 187. The molecule has 68 valence electrons. The van der Waals surface area contributed by atoms with E-state index in [9.17, 15) is 8.42 Å². The topological polar surface area (TPSA) is 46.2 Å². The fraction of sp³-hybridized carbons (Fsp3) is 1.00. The Morgan fingerprint density at radius 3 is 2.36 bits per heavy atom. The second-order valence-electron chi connectivity index (χ2n) is 2.48. The van der Waals surface area contributed by atoms with Crippen molar-refractivity contribution in [2.45, 2.75) is 19.1 Å². The van der Waals surface area contributed by atoms with Crippen molar-refractivity contribution in [2.24, 2.45) is 0 Å². The van der Waals surface area contributed by atoms with Gasteiger partial charge >= 0.3 is 0 Å². The third-order valence-corrected chi connectivity index (χ3v) is 3.69. The zero-order valence-electron chi connectivity index (χ0n) is 7.12. The average Bonchev–Trinajstić information content (AvgIpc) is 1.88. The van der Waals surface area contributed by atoms with Crippen LogP contribution in [-0.4, -0.2) is 32.2 Å². The largest absolute Gasteiger partial charge is 0.214 e. The Hall–Kier alpha value is 0.260. The van der Waals surface area contributed by atoms with E-state index in [0.29, 0.717) is 6.54 Å². The van der Waals surface area contributed by atoms with Crippen LogP contribution in [-0.2, 0) is 10.0 Å². The highest BCUT2D eigenvalue weighted by Gasteiger charge is 2.13. The van der Waals surface area contributed by atoms with Crippen molar-refractivity contribution >= 4 is 21.8 Å². The molecule has 0 aliphatic carbocycles. The molecular formula is C6H15NO2S2. The van der Waals surface area contributed by atoms with Crippen molar-refractivity contribution in [3.63, 3.8) is 0 Å². The highest BCUT2D eigenvalue weighted by molar-refractivity contribution is 7.98. The van der Waals surface area contributed by atoms with E-state index in [1.54, 1.807) is 25.6 Å². The Labute approximate surface area is 73.0 Å². The second kappa shape index (κ2) is 5.00. The lowest BCUT2D eigenvalue weighted by Gasteiger charge is -2.07. The molecule has 0 spiro atoms. The van der Waals surface area contributed by atoms with Gasteiger partial charge in [0.1, 0.15) is 0 Å². The molecule has 3 nitrogen and oxygen atoms in total. The molecule has 11 heavy (non-hydrogen) atoms. The van der Waals surface area contributed by atoms with E-state index in [1.807, 2.05) is 6.26 Å². The van der Waals surface area contributed by atoms with Crippen molar-refractivity contribution in [3.05, 3.63) is 0 Å². The van der Waals surface area contributed by atoms with Gasteiger partial charge in [-0.15, -0.1) is 0 Å². The fourth-order valence-electron chi connectivity index (χ4n) is 0.453. The number of rotatable bonds is 5. The molecule has 0 aromatic heterocycles. The number of sulfonamides is 1. The summed E-state index contributed by atoms with van der Waals surface area (Å²) in [6.07, 6.45) is 1.95. The van der Waals surface area contributed by atoms with Gasteiger partial charge in [0.15, 0.2) is 0 Å². The van der Waals surface area contributed by atoms with Gasteiger partial charge in [-0.05, 0) is 20.1 Å². The Balaban J connectivity index is 3.75. The van der Waals surface area contributed by atoms with Crippen LogP contribution in [0.3, 0.4) is 0 Å². The number of thioether (sulfide) groups is 1. The number of hydrogen-bond acceptors (Lipinski definition) is 3. The number of hydrogen-bond donors (Lipinski definition) is 1. The molecule has 0 aromatic carbocycles. The molecule has 0 aromatic rings. The summed E-state index contributed by atoms with van der Waals surface area (Å²) in [5.41, 5.74) is 0. The average molecular weight is 197 g/mol. The van der Waals surface area contributed by atoms with E-state index in [0.717, 1.165) is 5.75 Å². The molecule has 0 atom stereocenters. The monoisotopic (exact) mass is 197 g/mol. The summed E-state index contributed by atoms with van der Waals surface area (Å²) in [6.45, 7) is 3.87. The molecule has 0 rings (SSSR count). The van der Waals surface area contributed by atoms with E-state index in [1.165, 1.54) is 0 Å². The minimum atomic E-state index is -3.03. The molecule has 0 radical (unpaired) electrons. The van der Waals surface area contributed by atoms with Crippen molar-refractivity contribution in [2.75, 3.05) is 18.6 Å². The second-order valence-corrected chi connectivity index (χ2v) is 5.79. The summed E-state index contributed by atoms with van der Waals surface area (Å²) in [4.78, 5) is 0. The Morgan fingerprint density at radius 2 is 2.00 bits per heavy atom. The summed E-state index contributed by atoms with van der Waals surface area (Å²) in [5, 5.41) is -0.329. The van der Waals surface area contributed by atoms with Crippen molar-refractivity contribution in [3.8, 4) is 0 Å². The van der Waals surface area contributed by atoms with Gasteiger partial charge in [-0.1, -0.05) is 0 Å². The Kier molecular flexibility index (Phi) is 5.12. The molecule has 0 saturated carbocycles. The first-order valence-corrected chi connectivity index (χ1v) is 6.42. The molecule has 0 fully saturated rings. The van der Waals surface area contributed by atoms with Crippen LogP contribution >= 0.6 is 11.8 Å². The summed E-state index contributed by atoms with van der Waals surface area (Å²) in [6, 6.07) is 0. The van der Waals surface area contributed by atoms with E-state index in [-0.39, 0.29) is 5.25 Å². The predicted molar refractivity (Wildman–Crippen MR) is 50.4 cm³/mol. The molecule has 0 heterocycles. The quantitative estimate of drug-likeness (QED) is 0.659. The summed E-state index contributed by atoms with van der Waals surface area (Å²) < 4.78 is 24.7. The summed E-state index contributed by atoms with van der Waals surface area (Å²) in [5.74, 6) is 0.825. The highest BCUT2D eigenvalue weighted by Crippen LogP contribution is 1.96. The molecule has 5 heteroatoms. The lowest BCUT2D eigenvalue weighted by molar-refractivity contribution is 0.575. The molecule has 1 N–H and O–H groups in total. The molecule has 0 saturated heterocycles. The van der Waals surface area contributed by atoms with Crippen LogP contribution in [0.1, 0.15) is 13.8 Å². The molecular weight excluding hydrogens is 182 g/mol. The molecule has 0 unspecified atom stereocenters. The van der Waals surface area contributed by atoms with Gasteiger partial charge in [-0.25, -0.2) is 13.1 Å². The van der Waals surface area contributed by atoms with Crippen LogP contribution in [0.15, 0.2) is 0 Å².